The first kappa shape index (κ1) is 11.4. The quantitative estimate of drug-likeness (QED) is 0.575. The zero-order valence-electron chi connectivity index (χ0n) is 7.26. The first-order valence-corrected chi connectivity index (χ1v) is 7.55. The van der Waals surface area contributed by atoms with E-state index in [1.807, 2.05) is 11.2 Å². The highest BCUT2D eigenvalue weighted by atomic mass is 35.5. The van der Waals surface area contributed by atoms with Crippen LogP contribution in [-0.2, 0) is 0 Å². The Bertz CT molecular complexity index is 248. The second-order valence-electron chi connectivity index (χ2n) is 2.65. The number of aryl methyl sites for hydroxylation is 1. The van der Waals surface area contributed by atoms with E-state index in [0.29, 0.717) is 0 Å². The van der Waals surface area contributed by atoms with Crippen molar-refractivity contribution in [2.24, 2.45) is 0 Å². The summed E-state index contributed by atoms with van der Waals surface area (Å²) in [7, 11) is 0.740. The van der Waals surface area contributed by atoms with Gasteiger partial charge < -0.3 is 0 Å². The fraction of sp³-hybridized carbons (Fsp3) is 0.333. The molecule has 0 aliphatic heterocycles. The number of alkyl halides is 2. The van der Waals surface area contributed by atoms with Crippen LogP contribution < -0.4 is 0 Å². The van der Waals surface area contributed by atoms with Gasteiger partial charge in [0.2, 0.25) is 0 Å². The van der Waals surface area contributed by atoms with E-state index in [-0.39, 0.29) is 4.84 Å². The minimum absolute atomic E-state index is 0.226. The highest BCUT2D eigenvalue weighted by Crippen LogP contribution is 2.20. The Morgan fingerprint density at radius 2 is 1.92 bits per heavy atom. The molecule has 1 aromatic carbocycles. The Labute approximate surface area is 95.5 Å². The second kappa shape index (κ2) is 5.97. The molecular weight excluding hydrogens is 239 g/mol. The van der Waals surface area contributed by atoms with Crippen LogP contribution in [0.3, 0.4) is 0 Å². The third kappa shape index (κ3) is 4.96. The number of benzene rings is 1. The molecule has 1 rings (SSSR count). The third-order valence-electron chi connectivity index (χ3n) is 1.45. The van der Waals surface area contributed by atoms with Crippen LogP contribution in [-0.4, -0.2) is 13.5 Å². The van der Waals surface area contributed by atoms with E-state index in [4.69, 9.17) is 23.2 Å². The highest BCUT2D eigenvalue weighted by molar-refractivity contribution is 8.22. The molecule has 0 N–H and O–H groups in total. The molecule has 0 aromatic heterocycles. The van der Waals surface area contributed by atoms with E-state index >= 15 is 0 Å². The van der Waals surface area contributed by atoms with Crippen LogP contribution in [0.25, 0.3) is 0 Å². The number of hydrogen-bond acceptors (Lipinski definition) is 1. The van der Waals surface area contributed by atoms with Gasteiger partial charge >= 0.3 is 0 Å². The topological polar surface area (TPSA) is 0 Å². The van der Waals surface area contributed by atoms with Crippen LogP contribution in [0.15, 0.2) is 29.2 Å². The summed E-state index contributed by atoms with van der Waals surface area (Å²) in [6.07, 6.45) is 0. The van der Waals surface area contributed by atoms with Crippen LogP contribution in [0, 0.1) is 6.92 Å². The van der Waals surface area contributed by atoms with Crippen LogP contribution >= 0.6 is 34.4 Å². The molecule has 0 amide bonds. The fourth-order valence-electron chi connectivity index (χ4n) is 0.794. The summed E-state index contributed by atoms with van der Waals surface area (Å²) >= 11 is 13.1. The maximum absolute atomic E-state index is 5.63. The van der Waals surface area contributed by atoms with Crippen molar-refractivity contribution >= 4 is 43.1 Å². The van der Waals surface area contributed by atoms with Gasteiger partial charge in [-0.25, -0.2) is 0 Å². The maximum Gasteiger partial charge on any atom is 0.132 e. The summed E-state index contributed by atoms with van der Waals surface area (Å²) in [5, 5.41) is 0. The number of rotatable bonds is 4. The molecule has 0 unspecified atom stereocenters. The van der Waals surface area contributed by atoms with E-state index in [1.165, 1.54) is 10.5 Å². The fourth-order valence-corrected chi connectivity index (χ4v) is 4.11. The summed E-state index contributed by atoms with van der Waals surface area (Å²) in [5.74, 6) is 0. The third-order valence-corrected chi connectivity index (χ3v) is 5.14. The van der Waals surface area contributed by atoms with Crippen molar-refractivity contribution in [3.63, 3.8) is 0 Å². The largest absolute Gasteiger partial charge is 0.155 e. The lowest BCUT2D eigenvalue weighted by atomic mass is 10.2. The number of halogens is 2. The summed E-state index contributed by atoms with van der Waals surface area (Å²) < 4.78 is 0. The van der Waals surface area contributed by atoms with E-state index in [1.54, 1.807) is 0 Å². The molecule has 70 valence electrons. The van der Waals surface area contributed by atoms with Crippen LogP contribution in [0.4, 0.5) is 0 Å². The zero-order chi connectivity index (χ0) is 9.68. The van der Waals surface area contributed by atoms with Gasteiger partial charge in [-0.05, 0) is 25.1 Å². The van der Waals surface area contributed by atoms with Gasteiger partial charge in [-0.3, -0.25) is 0 Å². The monoisotopic (exact) mass is 248 g/mol. The van der Waals surface area contributed by atoms with Gasteiger partial charge in [0.25, 0.3) is 0 Å². The summed E-state index contributed by atoms with van der Waals surface area (Å²) in [5.41, 5.74) is 1.29. The predicted molar refractivity (Wildman–Crippen MR) is 63.1 cm³/mol. The lowest BCUT2D eigenvalue weighted by molar-refractivity contribution is 1.36. The first-order chi connectivity index (χ1) is 6.18. The minimum atomic E-state index is -0.226. The Kier molecular flexibility index (Phi) is 5.25. The van der Waals surface area contributed by atoms with Gasteiger partial charge in [-0.2, -0.15) is 11.2 Å². The second-order valence-corrected chi connectivity index (χ2v) is 6.78. The lowest BCUT2D eigenvalue weighted by Gasteiger charge is -2.01. The summed E-state index contributed by atoms with van der Waals surface area (Å²) in [6, 6.07) is 9.36. The molecule has 0 heterocycles. The number of hydrogen-bond donors (Lipinski definition) is 0. The zero-order valence-corrected chi connectivity index (χ0v) is 10.6. The van der Waals surface area contributed by atoms with Crippen molar-refractivity contribution in [1.29, 1.82) is 0 Å². The summed E-state index contributed by atoms with van der Waals surface area (Å²) in [6.45, 7) is 2.09. The molecule has 0 aliphatic rings. The molecule has 0 nitrogen and oxygen atoms in total. The van der Waals surface area contributed by atoms with E-state index in [0.717, 1.165) is 14.7 Å². The van der Waals surface area contributed by atoms with E-state index in [9.17, 15) is 0 Å². The first-order valence-electron chi connectivity index (χ1n) is 3.93. The van der Waals surface area contributed by atoms with Crippen molar-refractivity contribution in [3.05, 3.63) is 29.8 Å². The molecule has 0 spiro atoms. The molecule has 0 saturated heterocycles. The smallest absolute Gasteiger partial charge is 0.132 e. The molecule has 0 fully saturated rings. The van der Waals surface area contributed by atoms with Crippen LogP contribution in [0.1, 0.15) is 5.56 Å². The standard InChI is InChI=1S/C9H10Cl2SSi/c1-7-2-4-8(5-3-7)12-13-6-9(10)11/h2-5,9H,6H2,1H3. The maximum atomic E-state index is 5.63. The Morgan fingerprint density at radius 1 is 1.31 bits per heavy atom. The molecule has 1 aromatic rings. The lowest BCUT2D eigenvalue weighted by Crippen LogP contribution is -1.91. The van der Waals surface area contributed by atoms with Gasteiger partial charge in [0.05, 0.1) is 0 Å². The predicted octanol–water partition coefficient (Wildman–Crippen LogP) is 3.93. The van der Waals surface area contributed by atoms with Gasteiger partial charge in [0, 0.05) is 4.90 Å². The Morgan fingerprint density at radius 3 is 2.46 bits per heavy atom. The molecule has 0 aliphatic carbocycles. The van der Waals surface area contributed by atoms with Gasteiger partial charge in [-0.1, -0.05) is 17.7 Å². The Balaban J connectivity index is 2.33. The normalized spacial score (nSPS) is 10.8. The molecule has 0 atom stereocenters. The molecule has 0 saturated carbocycles. The average Bonchev–Trinajstić information content (AvgIpc) is 2.08. The highest BCUT2D eigenvalue weighted by Gasteiger charge is 2.00. The van der Waals surface area contributed by atoms with Crippen LogP contribution in [0.2, 0.25) is 6.04 Å². The molecule has 0 bridgehead atoms. The molecular formula is C9H10Cl2SSi. The van der Waals surface area contributed by atoms with E-state index in [2.05, 4.69) is 31.2 Å². The van der Waals surface area contributed by atoms with Crippen LogP contribution in [0.5, 0.6) is 0 Å². The van der Waals surface area contributed by atoms with Crippen molar-refractivity contribution in [2.75, 3.05) is 0 Å². The molecule has 2 radical (unpaired) electrons. The van der Waals surface area contributed by atoms with Crippen molar-refractivity contribution in [2.45, 2.75) is 22.7 Å². The SMILES string of the molecule is Cc1ccc(S[Si]CC(Cl)Cl)cc1. The molecule has 13 heavy (non-hydrogen) atoms. The summed E-state index contributed by atoms with van der Waals surface area (Å²) in [4.78, 5) is 1.06. The van der Waals surface area contributed by atoms with Crippen molar-refractivity contribution in [3.8, 4) is 0 Å². The van der Waals surface area contributed by atoms with Crippen molar-refractivity contribution in [1.82, 2.24) is 0 Å². The minimum Gasteiger partial charge on any atom is -0.155 e. The van der Waals surface area contributed by atoms with Crippen molar-refractivity contribution < 1.29 is 0 Å². The Hall–Kier alpha value is 0.367. The van der Waals surface area contributed by atoms with Gasteiger partial charge in [0.15, 0.2) is 0 Å². The van der Waals surface area contributed by atoms with E-state index < -0.39 is 0 Å². The molecule has 4 heteroatoms. The van der Waals surface area contributed by atoms with Gasteiger partial charge in [-0.15, -0.1) is 23.2 Å². The van der Waals surface area contributed by atoms with Gasteiger partial charge in [0.1, 0.15) is 13.5 Å². The average molecular weight is 249 g/mol.